The minimum absolute atomic E-state index is 0.0811. The monoisotopic (exact) mass is 493 g/mol. The van der Waals surface area contributed by atoms with E-state index in [9.17, 15) is 9.59 Å². The fourth-order valence-electron chi connectivity index (χ4n) is 4.29. The van der Waals surface area contributed by atoms with E-state index in [2.05, 4.69) is 15.6 Å². The van der Waals surface area contributed by atoms with Crippen LogP contribution < -0.4 is 10.2 Å². The molecule has 2 aromatic heterocycles. The molecule has 0 bridgehead atoms. The molecule has 37 heavy (non-hydrogen) atoms. The highest BCUT2D eigenvalue weighted by atomic mass is 16.3. The van der Waals surface area contributed by atoms with Gasteiger partial charge in [0.1, 0.15) is 23.9 Å². The van der Waals surface area contributed by atoms with Crippen molar-refractivity contribution in [2.24, 2.45) is 0 Å². The van der Waals surface area contributed by atoms with Crippen molar-refractivity contribution < 1.29 is 14.0 Å². The second-order valence-electron chi connectivity index (χ2n) is 8.88. The molecule has 2 heterocycles. The molecule has 0 fully saturated rings. The molecular weight excluding hydrogens is 466 g/mol. The van der Waals surface area contributed by atoms with Gasteiger partial charge in [-0.1, -0.05) is 53.7 Å². The van der Waals surface area contributed by atoms with E-state index in [0.29, 0.717) is 22.5 Å². The molecule has 1 N–H and O–H groups in total. The number of benzene rings is 3. The Morgan fingerprint density at radius 1 is 0.946 bits per heavy atom. The molecule has 0 aliphatic carbocycles. The molecule has 0 saturated heterocycles. The Morgan fingerprint density at radius 2 is 1.73 bits per heavy atom. The van der Waals surface area contributed by atoms with E-state index in [4.69, 9.17) is 4.42 Å². The van der Waals surface area contributed by atoms with Crippen LogP contribution in [0.5, 0.6) is 0 Å². The van der Waals surface area contributed by atoms with Gasteiger partial charge in [0.2, 0.25) is 11.8 Å². The number of nitrogens with one attached hydrogen (secondary N) is 1. The molecule has 2 amide bonds. The zero-order valence-electron chi connectivity index (χ0n) is 20.7. The lowest BCUT2D eigenvalue weighted by Gasteiger charge is -2.32. The Morgan fingerprint density at radius 3 is 2.49 bits per heavy atom. The Bertz CT molecular complexity index is 1530. The normalized spacial score (nSPS) is 11.8. The van der Waals surface area contributed by atoms with Crippen molar-refractivity contribution in [1.82, 2.24) is 20.3 Å². The van der Waals surface area contributed by atoms with Crippen LogP contribution in [0.15, 0.2) is 95.6 Å². The molecule has 0 aliphatic rings. The quantitative estimate of drug-likeness (QED) is 0.337. The Kier molecular flexibility index (Phi) is 6.81. The van der Waals surface area contributed by atoms with E-state index in [1.165, 1.54) is 0 Å². The maximum Gasteiger partial charge on any atom is 0.249 e. The summed E-state index contributed by atoms with van der Waals surface area (Å²) in [6.07, 6.45) is 1.56. The smallest absolute Gasteiger partial charge is 0.249 e. The minimum Gasteiger partial charge on any atom is -0.467 e. The SMILES string of the molecule is Cc1ccc(N(C(=O)Cn2nnc3ccccc32)C(C(=O)NCc2ccco2)c2ccccc2)cc1C. The van der Waals surface area contributed by atoms with E-state index < -0.39 is 6.04 Å². The summed E-state index contributed by atoms with van der Waals surface area (Å²) in [6.45, 7) is 4.12. The van der Waals surface area contributed by atoms with Gasteiger partial charge in [-0.2, -0.15) is 0 Å². The van der Waals surface area contributed by atoms with Crippen molar-refractivity contribution in [2.75, 3.05) is 4.90 Å². The highest BCUT2D eigenvalue weighted by molar-refractivity contribution is 6.01. The number of nitrogens with zero attached hydrogens (tertiary/aromatic N) is 4. The van der Waals surface area contributed by atoms with Crippen LogP contribution in [-0.2, 0) is 22.7 Å². The summed E-state index contributed by atoms with van der Waals surface area (Å²) in [4.78, 5) is 29.3. The van der Waals surface area contributed by atoms with Gasteiger partial charge in [0.25, 0.3) is 0 Å². The maximum absolute atomic E-state index is 14.0. The van der Waals surface area contributed by atoms with Gasteiger partial charge in [0.05, 0.1) is 18.3 Å². The van der Waals surface area contributed by atoms with Gasteiger partial charge in [0, 0.05) is 5.69 Å². The van der Waals surface area contributed by atoms with Crippen molar-refractivity contribution >= 4 is 28.5 Å². The number of aromatic nitrogens is 3. The van der Waals surface area contributed by atoms with E-state index in [0.717, 1.165) is 16.6 Å². The number of hydrogen-bond donors (Lipinski definition) is 1. The number of furan rings is 1. The number of carbonyl (C=O) groups excluding carboxylic acids is 2. The zero-order valence-corrected chi connectivity index (χ0v) is 20.7. The Labute approximate surface area is 214 Å². The summed E-state index contributed by atoms with van der Waals surface area (Å²) in [6, 6.07) is 25.2. The van der Waals surface area contributed by atoms with Crippen LogP contribution in [0.1, 0.15) is 28.5 Å². The van der Waals surface area contributed by atoms with Crippen LogP contribution in [0.3, 0.4) is 0 Å². The fraction of sp³-hybridized carbons (Fsp3) is 0.172. The van der Waals surface area contributed by atoms with Crippen LogP contribution in [0.25, 0.3) is 11.0 Å². The van der Waals surface area contributed by atoms with Crippen LogP contribution in [0.2, 0.25) is 0 Å². The molecule has 1 unspecified atom stereocenters. The highest BCUT2D eigenvalue weighted by Gasteiger charge is 2.33. The van der Waals surface area contributed by atoms with Crippen molar-refractivity contribution in [1.29, 1.82) is 0 Å². The molecule has 5 aromatic rings. The first kappa shape index (κ1) is 24.0. The average Bonchev–Trinajstić information content (AvgIpc) is 3.58. The molecule has 3 aromatic carbocycles. The van der Waals surface area contributed by atoms with Crippen molar-refractivity contribution in [3.05, 3.63) is 114 Å². The predicted molar refractivity (Wildman–Crippen MR) is 141 cm³/mol. The van der Waals surface area contributed by atoms with Gasteiger partial charge in [-0.15, -0.1) is 5.10 Å². The summed E-state index contributed by atoms with van der Waals surface area (Å²) in [7, 11) is 0. The largest absolute Gasteiger partial charge is 0.467 e. The Hall–Kier alpha value is -4.72. The fourth-order valence-corrected chi connectivity index (χ4v) is 4.29. The molecule has 1 atom stereocenters. The topological polar surface area (TPSA) is 93.3 Å². The average molecular weight is 494 g/mol. The van der Waals surface area contributed by atoms with Crippen LogP contribution in [0, 0.1) is 13.8 Å². The summed E-state index contributed by atoms with van der Waals surface area (Å²) >= 11 is 0. The molecule has 8 heteroatoms. The number of hydrogen-bond acceptors (Lipinski definition) is 5. The molecule has 5 rings (SSSR count). The highest BCUT2D eigenvalue weighted by Crippen LogP contribution is 2.30. The first-order valence-electron chi connectivity index (χ1n) is 12.0. The molecule has 0 saturated carbocycles. The van der Waals surface area contributed by atoms with Gasteiger partial charge in [-0.3, -0.25) is 14.5 Å². The Balaban J connectivity index is 1.56. The molecule has 8 nitrogen and oxygen atoms in total. The van der Waals surface area contributed by atoms with Crippen LogP contribution in [0.4, 0.5) is 5.69 Å². The number of fused-ring (bicyclic) bond motifs is 1. The number of rotatable bonds is 8. The standard InChI is InChI=1S/C29H27N5O3/c1-20-14-15-23(17-21(20)2)34(27(35)19-33-26-13-7-6-12-25(26)31-32-33)28(22-9-4-3-5-10-22)29(36)30-18-24-11-8-16-37-24/h3-17,28H,18-19H2,1-2H3,(H,30,36). The second kappa shape index (κ2) is 10.5. The number of aryl methyl sites for hydroxylation is 2. The zero-order chi connectivity index (χ0) is 25.8. The predicted octanol–water partition coefficient (Wildman–Crippen LogP) is 4.73. The third-order valence-corrected chi connectivity index (χ3v) is 6.38. The molecule has 0 spiro atoms. The maximum atomic E-state index is 14.0. The lowest BCUT2D eigenvalue weighted by atomic mass is 10.0. The lowest BCUT2D eigenvalue weighted by Crippen LogP contribution is -2.45. The molecule has 0 radical (unpaired) electrons. The first-order valence-corrected chi connectivity index (χ1v) is 12.0. The number of amides is 2. The van der Waals surface area contributed by atoms with Gasteiger partial charge in [0.15, 0.2) is 0 Å². The van der Waals surface area contributed by atoms with E-state index in [1.807, 2.05) is 86.6 Å². The van der Waals surface area contributed by atoms with Gasteiger partial charge < -0.3 is 9.73 Å². The van der Waals surface area contributed by atoms with E-state index in [-0.39, 0.29) is 24.9 Å². The van der Waals surface area contributed by atoms with Gasteiger partial charge >= 0.3 is 0 Å². The molecular formula is C29H27N5O3. The van der Waals surface area contributed by atoms with Crippen molar-refractivity contribution in [2.45, 2.75) is 33.0 Å². The van der Waals surface area contributed by atoms with Crippen molar-refractivity contribution in [3.8, 4) is 0 Å². The molecule has 186 valence electrons. The molecule has 0 aliphatic heterocycles. The van der Waals surface area contributed by atoms with E-state index in [1.54, 1.807) is 28.0 Å². The van der Waals surface area contributed by atoms with Crippen molar-refractivity contribution in [3.63, 3.8) is 0 Å². The number of carbonyl (C=O) groups is 2. The third-order valence-electron chi connectivity index (χ3n) is 6.38. The number of para-hydroxylation sites is 1. The van der Waals surface area contributed by atoms with E-state index >= 15 is 0 Å². The van der Waals surface area contributed by atoms with Gasteiger partial charge in [-0.05, 0) is 66.9 Å². The summed E-state index contributed by atoms with van der Waals surface area (Å²) < 4.78 is 6.95. The van der Waals surface area contributed by atoms with Crippen LogP contribution >= 0.6 is 0 Å². The lowest BCUT2D eigenvalue weighted by molar-refractivity contribution is -0.127. The summed E-state index contributed by atoms with van der Waals surface area (Å²) in [5.74, 6) is 0.0110. The number of anilines is 1. The second-order valence-corrected chi connectivity index (χ2v) is 8.88. The third kappa shape index (κ3) is 5.13. The summed E-state index contributed by atoms with van der Waals surface area (Å²) in [5.41, 5.74) is 4.87. The minimum atomic E-state index is -0.916. The first-order chi connectivity index (χ1) is 18.0. The van der Waals surface area contributed by atoms with Crippen LogP contribution in [-0.4, -0.2) is 26.8 Å². The summed E-state index contributed by atoms with van der Waals surface area (Å²) in [5, 5.41) is 11.3. The van der Waals surface area contributed by atoms with Gasteiger partial charge in [-0.25, -0.2) is 4.68 Å².